The molecule has 0 saturated heterocycles. The zero-order chi connectivity index (χ0) is 17.6. The van der Waals surface area contributed by atoms with E-state index in [1.54, 1.807) is 18.2 Å². The van der Waals surface area contributed by atoms with Crippen LogP contribution in [-0.2, 0) is 11.2 Å². The van der Waals surface area contributed by atoms with Crippen molar-refractivity contribution in [1.29, 1.82) is 5.26 Å². The molecule has 5 heteroatoms. The summed E-state index contributed by atoms with van der Waals surface area (Å²) in [5, 5.41) is 13.7. The van der Waals surface area contributed by atoms with Crippen LogP contribution in [0.3, 0.4) is 0 Å². The molecule has 0 unspecified atom stereocenters. The third-order valence-corrected chi connectivity index (χ3v) is 4.27. The number of halogens is 1. The standard InChI is InChI=1S/C20H16ClN3O/c21-18-7-3-1-5-14(18)11-16(12-22)20(25)23-10-9-15-13-24-19-8-4-2-6-17(15)19/h1-8,11,13,24H,9-10H2,(H,23,25)/b16-11+. The fourth-order valence-electron chi connectivity index (χ4n) is 2.64. The largest absolute Gasteiger partial charge is 0.361 e. The van der Waals surface area contributed by atoms with E-state index in [1.807, 2.05) is 42.6 Å². The Morgan fingerprint density at radius 2 is 1.96 bits per heavy atom. The van der Waals surface area contributed by atoms with Gasteiger partial charge in [0.2, 0.25) is 0 Å². The van der Waals surface area contributed by atoms with Gasteiger partial charge in [0.25, 0.3) is 5.91 Å². The highest BCUT2D eigenvalue weighted by molar-refractivity contribution is 6.32. The number of aromatic amines is 1. The zero-order valence-electron chi connectivity index (χ0n) is 13.4. The minimum atomic E-state index is -0.401. The quantitative estimate of drug-likeness (QED) is 0.538. The van der Waals surface area contributed by atoms with E-state index >= 15 is 0 Å². The molecule has 3 aromatic rings. The first kappa shape index (κ1) is 16.8. The van der Waals surface area contributed by atoms with Gasteiger partial charge in [0.1, 0.15) is 11.6 Å². The Bertz CT molecular complexity index is 982. The van der Waals surface area contributed by atoms with Gasteiger partial charge in [-0.05, 0) is 35.8 Å². The van der Waals surface area contributed by atoms with Crippen molar-refractivity contribution in [2.75, 3.05) is 6.54 Å². The summed E-state index contributed by atoms with van der Waals surface area (Å²) in [5.74, 6) is -0.401. The molecular weight excluding hydrogens is 334 g/mol. The van der Waals surface area contributed by atoms with Crippen molar-refractivity contribution in [1.82, 2.24) is 10.3 Å². The number of rotatable bonds is 5. The number of nitrogens with zero attached hydrogens (tertiary/aromatic N) is 1. The SMILES string of the molecule is N#C/C(=C\c1ccccc1Cl)C(=O)NCCc1c[nH]c2ccccc12. The summed E-state index contributed by atoms with van der Waals surface area (Å²) in [6.45, 7) is 0.447. The van der Waals surface area contributed by atoms with Crippen LogP contribution in [0.2, 0.25) is 5.02 Å². The predicted octanol–water partition coefficient (Wildman–Crippen LogP) is 4.09. The molecule has 2 aromatic carbocycles. The lowest BCUT2D eigenvalue weighted by Gasteiger charge is -2.04. The summed E-state index contributed by atoms with van der Waals surface area (Å²) >= 11 is 6.07. The van der Waals surface area contributed by atoms with Crippen LogP contribution in [-0.4, -0.2) is 17.4 Å². The smallest absolute Gasteiger partial charge is 0.261 e. The Hall–Kier alpha value is -3.03. The number of benzene rings is 2. The van der Waals surface area contributed by atoms with Gasteiger partial charge in [-0.1, -0.05) is 48.0 Å². The number of nitrogens with one attached hydrogen (secondary N) is 2. The van der Waals surface area contributed by atoms with E-state index in [1.165, 1.54) is 6.08 Å². The molecule has 25 heavy (non-hydrogen) atoms. The van der Waals surface area contributed by atoms with Crippen molar-refractivity contribution in [3.05, 3.63) is 76.5 Å². The average molecular weight is 350 g/mol. The molecule has 0 aliphatic rings. The Morgan fingerprint density at radius 3 is 2.76 bits per heavy atom. The lowest BCUT2D eigenvalue weighted by atomic mass is 10.1. The minimum Gasteiger partial charge on any atom is -0.361 e. The van der Waals surface area contributed by atoms with Crippen LogP contribution in [0, 0.1) is 11.3 Å². The van der Waals surface area contributed by atoms with Crippen molar-refractivity contribution in [3.8, 4) is 6.07 Å². The predicted molar refractivity (Wildman–Crippen MR) is 100 cm³/mol. The number of fused-ring (bicyclic) bond motifs is 1. The summed E-state index contributed by atoms with van der Waals surface area (Å²) in [4.78, 5) is 15.4. The summed E-state index contributed by atoms with van der Waals surface area (Å²) in [7, 11) is 0. The van der Waals surface area contributed by atoms with E-state index in [2.05, 4.69) is 10.3 Å². The van der Waals surface area contributed by atoms with Crippen LogP contribution in [0.1, 0.15) is 11.1 Å². The third kappa shape index (κ3) is 3.90. The first-order valence-corrected chi connectivity index (χ1v) is 8.26. The van der Waals surface area contributed by atoms with Crippen LogP contribution in [0.5, 0.6) is 0 Å². The second-order valence-corrected chi connectivity index (χ2v) is 5.96. The number of nitriles is 1. The number of hydrogen-bond donors (Lipinski definition) is 2. The minimum absolute atomic E-state index is 0.0343. The monoisotopic (exact) mass is 349 g/mol. The Kier molecular flexibility index (Phi) is 5.17. The van der Waals surface area contributed by atoms with E-state index in [-0.39, 0.29) is 5.57 Å². The van der Waals surface area contributed by atoms with Gasteiger partial charge in [-0.2, -0.15) is 5.26 Å². The van der Waals surface area contributed by atoms with Crippen molar-refractivity contribution < 1.29 is 4.79 Å². The molecule has 0 bridgehead atoms. The number of carbonyl (C=O) groups is 1. The topological polar surface area (TPSA) is 68.7 Å². The molecule has 0 saturated carbocycles. The summed E-state index contributed by atoms with van der Waals surface area (Å²) in [5.41, 5.74) is 2.88. The van der Waals surface area contributed by atoms with Crippen molar-refractivity contribution in [3.63, 3.8) is 0 Å². The van der Waals surface area contributed by atoms with E-state index in [0.29, 0.717) is 23.6 Å². The van der Waals surface area contributed by atoms with Crippen LogP contribution in [0.4, 0.5) is 0 Å². The molecule has 3 rings (SSSR count). The van der Waals surface area contributed by atoms with E-state index in [0.717, 1.165) is 16.5 Å². The molecule has 4 nitrogen and oxygen atoms in total. The fraction of sp³-hybridized carbons (Fsp3) is 0.100. The number of aromatic nitrogens is 1. The van der Waals surface area contributed by atoms with Crippen LogP contribution < -0.4 is 5.32 Å². The molecule has 0 aliphatic carbocycles. The Labute approximate surface area is 150 Å². The van der Waals surface area contributed by atoms with Gasteiger partial charge < -0.3 is 10.3 Å². The normalized spacial score (nSPS) is 11.3. The number of H-pyrrole nitrogens is 1. The molecular formula is C20H16ClN3O. The molecule has 0 aliphatic heterocycles. The van der Waals surface area contributed by atoms with Crippen molar-refractivity contribution in [2.24, 2.45) is 0 Å². The Morgan fingerprint density at radius 1 is 1.20 bits per heavy atom. The number of carbonyl (C=O) groups excluding carboxylic acids is 1. The second-order valence-electron chi connectivity index (χ2n) is 5.56. The summed E-state index contributed by atoms with van der Waals surface area (Å²) < 4.78 is 0. The van der Waals surface area contributed by atoms with Crippen LogP contribution in [0.15, 0.2) is 60.3 Å². The van der Waals surface area contributed by atoms with Crippen LogP contribution >= 0.6 is 11.6 Å². The lowest BCUT2D eigenvalue weighted by Crippen LogP contribution is -2.26. The lowest BCUT2D eigenvalue weighted by molar-refractivity contribution is -0.117. The van der Waals surface area contributed by atoms with Gasteiger partial charge in [-0.25, -0.2) is 0 Å². The highest BCUT2D eigenvalue weighted by atomic mass is 35.5. The molecule has 0 fully saturated rings. The highest BCUT2D eigenvalue weighted by Gasteiger charge is 2.10. The molecule has 0 radical (unpaired) electrons. The molecule has 1 heterocycles. The van der Waals surface area contributed by atoms with Gasteiger partial charge in [-0.15, -0.1) is 0 Å². The Balaban J connectivity index is 1.65. The van der Waals surface area contributed by atoms with E-state index in [4.69, 9.17) is 11.6 Å². The van der Waals surface area contributed by atoms with Crippen molar-refractivity contribution >= 4 is 34.5 Å². The first-order chi connectivity index (χ1) is 12.2. The summed E-state index contributed by atoms with van der Waals surface area (Å²) in [6, 6.07) is 17.0. The van der Waals surface area contributed by atoms with Gasteiger partial charge in [-0.3, -0.25) is 4.79 Å². The maximum atomic E-state index is 12.2. The molecule has 1 amide bonds. The van der Waals surface area contributed by atoms with Gasteiger partial charge in [0, 0.05) is 28.7 Å². The second kappa shape index (κ2) is 7.69. The molecule has 0 atom stereocenters. The highest BCUT2D eigenvalue weighted by Crippen LogP contribution is 2.19. The van der Waals surface area contributed by atoms with Gasteiger partial charge >= 0.3 is 0 Å². The molecule has 1 aromatic heterocycles. The number of para-hydroxylation sites is 1. The van der Waals surface area contributed by atoms with Gasteiger partial charge in [0.15, 0.2) is 0 Å². The van der Waals surface area contributed by atoms with E-state index < -0.39 is 5.91 Å². The van der Waals surface area contributed by atoms with E-state index in [9.17, 15) is 10.1 Å². The number of amides is 1. The third-order valence-electron chi connectivity index (χ3n) is 3.92. The van der Waals surface area contributed by atoms with Gasteiger partial charge in [0.05, 0.1) is 0 Å². The average Bonchev–Trinajstić information content (AvgIpc) is 3.04. The van der Waals surface area contributed by atoms with Crippen molar-refractivity contribution in [2.45, 2.75) is 6.42 Å². The number of hydrogen-bond acceptors (Lipinski definition) is 2. The van der Waals surface area contributed by atoms with Crippen LogP contribution in [0.25, 0.3) is 17.0 Å². The first-order valence-electron chi connectivity index (χ1n) is 7.88. The molecule has 2 N–H and O–H groups in total. The summed E-state index contributed by atoms with van der Waals surface area (Å²) in [6.07, 6.45) is 4.13. The molecule has 124 valence electrons. The maximum absolute atomic E-state index is 12.2. The maximum Gasteiger partial charge on any atom is 0.261 e. The zero-order valence-corrected chi connectivity index (χ0v) is 14.2. The fourth-order valence-corrected chi connectivity index (χ4v) is 2.83. The molecule has 0 spiro atoms.